The first kappa shape index (κ1) is 17.7. The molecule has 0 aliphatic rings. The van der Waals surface area contributed by atoms with E-state index < -0.39 is 0 Å². The average molecular weight is 310 g/mol. The molecule has 2 aromatic rings. The lowest BCUT2D eigenvalue weighted by Gasteiger charge is -2.51. The maximum atomic E-state index is 2.57. The van der Waals surface area contributed by atoms with E-state index in [4.69, 9.17) is 0 Å². The van der Waals surface area contributed by atoms with Gasteiger partial charge in [-0.2, -0.15) is 0 Å². The highest BCUT2D eigenvalue weighted by Gasteiger charge is 2.43. The molecule has 2 rings (SSSR count). The molecular weight excluding hydrogens is 280 g/mol. The van der Waals surface area contributed by atoms with Crippen LogP contribution in [0.25, 0.3) is 0 Å². The van der Waals surface area contributed by atoms with Gasteiger partial charge in [0.1, 0.15) is 5.66 Å². The summed E-state index contributed by atoms with van der Waals surface area (Å²) >= 11 is 0. The summed E-state index contributed by atoms with van der Waals surface area (Å²) in [6.45, 7) is 13.1. The van der Waals surface area contributed by atoms with Gasteiger partial charge in [-0.05, 0) is 37.3 Å². The second kappa shape index (κ2) is 8.28. The fraction of sp³-hybridized carbons (Fsp3) is 0.429. The average Bonchev–Trinajstić information content (AvgIpc) is 2.63. The fourth-order valence-corrected chi connectivity index (χ4v) is 3.80. The normalized spacial score (nSPS) is 12.1. The Balaban J connectivity index is 2.78. The summed E-state index contributed by atoms with van der Waals surface area (Å²) < 4.78 is 0. The van der Waals surface area contributed by atoms with E-state index in [-0.39, 0.29) is 5.66 Å². The quantitative estimate of drug-likeness (QED) is 0.659. The van der Waals surface area contributed by atoms with E-state index in [1.807, 2.05) is 0 Å². The fourth-order valence-electron chi connectivity index (χ4n) is 3.80. The summed E-state index contributed by atoms with van der Waals surface area (Å²) in [4.78, 5) is 5.15. The van der Waals surface area contributed by atoms with Gasteiger partial charge in [-0.1, -0.05) is 88.4 Å². The van der Waals surface area contributed by atoms with E-state index >= 15 is 0 Å². The zero-order valence-corrected chi connectivity index (χ0v) is 15.0. The summed E-state index contributed by atoms with van der Waals surface area (Å²) in [6, 6.07) is 21.9. The van der Waals surface area contributed by atoms with Crippen LogP contribution in [-0.4, -0.2) is 36.0 Å². The van der Waals surface area contributed by atoms with Crippen LogP contribution in [-0.2, 0) is 5.66 Å². The molecule has 0 aliphatic heterocycles. The maximum Gasteiger partial charge on any atom is 0.126 e. The summed E-state index contributed by atoms with van der Waals surface area (Å²) in [5.41, 5.74) is 2.48. The Morgan fingerprint density at radius 2 is 0.870 bits per heavy atom. The molecule has 2 heteroatoms. The van der Waals surface area contributed by atoms with Gasteiger partial charge >= 0.3 is 0 Å². The molecule has 0 N–H and O–H groups in total. The lowest BCUT2D eigenvalue weighted by Crippen LogP contribution is -2.58. The molecule has 124 valence electrons. The first-order valence-corrected chi connectivity index (χ1v) is 8.86. The van der Waals surface area contributed by atoms with Crippen molar-refractivity contribution in [2.24, 2.45) is 0 Å². The van der Waals surface area contributed by atoms with Crippen molar-refractivity contribution in [3.8, 4) is 0 Å². The summed E-state index contributed by atoms with van der Waals surface area (Å²) in [6.07, 6.45) is 0. The van der Waals surface area contributed by atoms with Crippen LogP contribution in [0.1, 0.15) is 38.8 Å². The molecule has 0 unspecified atom stereocenters. The van der Waals surface area contributed by atoms with Crippen molar-refractivity contribution in [3.05, 3.63) is 71.8 Å². The third-order valence-electron chi connectivity index (χ3n) is 4.79. The highest BCUT2D eigenvalue weighted by molar-refractivity contribution is 5.38. The highest BCUT2D eigenvalue weighted by atomic mass is 15.4. The van der Waals surface area contributed by atoms with Crippen molar-refractivity contribution >= 4 is 0 Å². The van der Waals surface area contributed by atoms with Crippen molar-refractivity contribution in [1.82, 2.24) is 9.80 Å². The first-order valence-electron chi connectivity index (χ1n) is 8.86. The summed E-state index contributed by atoms with van der Waals surface area (Å²) in [7, 11) is 0. The van der Waals surface area contributed by atoms with Gasteiger partial charge in [0.05, 0.1) is 0 Å². The predicted octanol–water partition coefficient (Wildman–Crippen LogP) is 4.57. The number of nitrogens with zero attached hydrogens (tertiary/aromatic N) is 2. The molecule has 0 saturated carbocycles. The van der Waals surface area contributed by atoms with E-state index in [0.29, 0.717) is 0 Å². The molecule has 2 aromatic carbocycles. The van der Waals surface area contributed by atoms with Gasteiger partial charge in [0.2, 0.25) is 0 Å². The molecule has 0 aliphatic carbocycles. The van der Waals surface area contributed by atoms with Crippen LogP contribution >= 0.6 is 0 Å². The van der Waals surface area contributed by atoms with Crippen LogP contribution in [0, 0.1) is 0 Å². The third-order valence-corrected chi connectivity index (χ3v) is 4.79. The lowest BCUT2D eigenvalue weighted by molar-refractivity contribution is -0.0221. The molecule has 0 aromatic heterocycles. The van der Waals surface area contributed by atoms with Crippen LogP contribution < -0.4 is 0 Å². The van der Waals surface area contributed by atoms with Crippen molar-refractivity contribution in [2.45, 2.75) is 33.4 Å². The second-order valence-corrected chi connectivity index (χ2v) is 5.75. The molecular formula is C21H30N2. The van der Waals surface area contributed by atoms with E-state index in [1.54, 1.807) is 0 Å². The Hall–Kier alpha value is -1.64. The van der Waals surface area contributed by atoms with Crippen molar-refractivity contribution < 1.29 is 0 Å². The Morgan fingerprint density at radius 1 is 0.565 bits per heavy atom. The monoisotopic (exact) mass is 310 g/mol. The maximum absolute atomic E-state index is 2.57. The topological polar surface area (TPSA) is 6.48 Å². The van der Waals surface area contributed by atoms with Crippen LogP contribution in [0.3, 0.4) is 0 Å². The van der Waals surface area contributed by atoms with Gasteiger partial charge in [0.15, 0.2) is 0 Å². The van der Waals surface area contributed by atoms with E-state index in [9.17, 15) is 0 Å². The van der Waals surface area contributed by atoms with Crippen LogP contribution in [0.4, 0.5) is 0 Å². The number of hydrogen-bond acceptors (Lipinski definition) is 2. The molecule has 0 radical (unpaired) electrons. The minimum atomic E-state index is -0.213. The van der Waals surface area contributed by atoms with Gasteiger partial charge in [-0.15, -0.1) is 0 Å². The number of rotatable bonds is 8. The summed E-state index contributed by atoms with van der Waals surface area (Å²) in [5, 5.41) is 0. The first-order chi connectivity index (χ1) is 11.2. The molecule has 0 fully saturated rings. The minimum Gasteiger partial charge on any atom is -0.278 e. The van der Waals surface area contributed by atoms with Gasteiger partial charge in [-0.3, -0.25) is 9.80 Å². The molecule has 0 amide bonds. The Bertz CT molecular complexity index is 503. The second-order valence-electron chi connectivity index (χ2n) is 5.75. The number of hydrogen-bond donors (Lipinski definition) is 0. The molecule has 0 bridgehead atoms. The van der Waals surface area contributed by atoms with Gasteiger partial charge in [0.25, 0.3) is 0 Å². The highest BCUT2D eigenvalue weighted by Crippen LogP contribution is 2.39. The molecule has 0 atom stereocenters. The van der Waals surface area contributed by atoms with Crippen LogP contribution in [0.2, 0.25) is 0 Å². The largest absolute Gasteiger partial charge is 0.278 e. The van der Waals surface area contributed by atoms with E-state index in [2.05, 4.69) is 98.2 Å². The third kappa shape index (κ3) is 3.19. The molecule has 0 saturated heterocycles. The van der Waals surface area contributed by atoms with Crippen LogP contribution in [0.5, 0.6) is 0 Å². The van der Waals surface area contributed by atoms with Gasteiger partial charge in [-0.25, -0.2) is 0 Å². The Morgan fingerprint density at radius 3 is 1.13 bits per heavy atom. The minimum absolute atomic E-state index is 0.213. The van der Waals surface area contributed by atoms with Crippen molar-refractivity contribution in [3.63, 3.8) is 0 Å². The van der Waals surface area contributed by atoms with Gasteiger partial charge < -0.3 is 0 Å². The van der Waals surface area contributed by atoms with E-state index in [1.165, 1.54) is 11.1 Å². The molecule has 2 nitrogen and oxygen atoms in total. The zero-order chi connectivity index (χ0) is 16.7. The lowest BCUT2D eigenvalue weighted by atomic mass is 9.87. The molecule has 0 spiro atoms. The van der Waals surface area contributed by atoms with Crippen molar-refractivity contribution in [2.75, 3.05) is 26.2 Å². The SMILES string of the molecule is CCN(CC)C(c1ccccc1)(c1ccccc1)N(CC)CC. The Labute approximate surface area is 141 Å². The van der Waals surface area contributed by atoms with Crippen molar-refractivity contribution in [1.29, 1.82) is 0 Å². The zero-order valence-electron chi connectivity index (χ0n) is 15.0. The van der Waals surface area contributed by atoms with E-state index in [0.717, 1.165) is 26.2 Å². The number of benzene rings is 2. The summed E-state index contributed by atoms with van der Waals surface area (Å²) in [5.74, 6) is 0. The Kier molecular flexibility index (Phi) is 6.37. The smallest absolute Gasteiger partial charge is 0.126 e. The molecule has 0 heterocycles. The van der Waals surface area contributed by atoms with Crippen LogP contribution in [0.15, 0.2) is 60.7 Å². The molecule has 23 heavy (non-hydrogen) atoms. The standard InChI is InChI=1S/C21H30N2/c1-5-22(6-2)21(23(7-3)8-4,19-15-11-9-12-16-19)20-17-13-10-14-18-20/h9-18H,5-8H2,1-4H3. The predicted molar refractivity (Wildman–Crippen MR) is 99.5 cm³/mol. The van der Waals surface area contributed by atoms with Gasteiger partial charge in [0, 0.05) is 0 Å².